The maximum atomic E-state index is 13.3. The van der Waals surface area contributed by atoms with Crippen molar-refractivity contribution in [2.24, 2.45) is 5.73 Å². The quantitative estimate of drug-likeness (QED) is 0.250. The van der Waals surface area contributed by atoms with Gasteiger partial charge in [0.2, 0.25) is 17.7 Å². The molecule has 3 aromatic rings. The van der Waals surface area contributed by atoms with Crippen molar-refractivity contribution in [2.75, 3.05) is 19.0 Å². The lowest BCUT2D eigenvalue weighted by atomic mass is 10.0. The van der Waals surface area contributed by atoms with Gasteiger partial charge in [-0.05, 0) is 23.4 Å². The molecule has 0 saturated heterocycles. The lowest BCUT2D eigenvalue weighted by Crippen LogP contribution is -2.50. The second-order valence-electron chi connectivity index (χ2n) is 8.46. The van der Waals surface area contributed by atoms with Crippen molar-refractivity contribution in [1.82, 2.24) is 10.6 Å². The summed E-state index contributed by atoms with van der Waals surface area (Å²) in [6.07, 6.45) is -0.105. The van der Waals surface area contributed by atoms with Crippen molar-refractivity contribution in [3.63, 3.8) is 0 Å². The molecule has 0 radical (unpaired) electrons. The van der Waals surface area contributed by atoms with Crippen LogP contribution in [-0.4, -0.2) is 54.5 Å². The van der Waals surface area contributed by atoms with Gasteiger partial charge in [0.1, 0.15) is 11.8 Å². The third-order valence-corrected chi connectivity index (χ3v) is 5.67. The van der Waals surface area contributed by atoms with Crippen molar-refractivity contribution < 1.29 is 29.0 Å². The van der Waals surface area contributed by atoms with Gasteiger partial charge >= 0.3 is 5.97 Å². The molecule has 0 aliphatic carbocycles. The highest BCUT2D eigenvalue weighted by Gasteiger charge is 2.23. The Balaban J connectivity index is 1.70. The summed E-state index contributed by atoms with van der Waals surface area (Å²) in [5.41, 5.74) is 7.01. The Morgan fingerprint density at radius 3 is 2.38 bits per heavy atom. The first-order chi connectivity index (χ1) is 17.8. The summed E-state index contributed by atoms with van der Waals surface area (Å²) in [5.74, 6) is -2.16. The summed E-state index contributed by atoms with van der Waals surface area (Å²) in [5, 5.41) is 18.4. The molecule has 3 amide bonds. The van der Waals surface area contributed by atoms with Gasteiger partial charge in [0.25, 0.3) is 0 Å². The van der Waals surface area contributed by atoms with Crippen molar-refractivity contribution in [2.45, 2.75) is 31.3 Å². The molecule has 10 heteroatoms. The van der Waals surface area contributed by atoms with Gasteiger partial charge in [-0.25, -0.2) is 0 Å². The molecule has 0 heterocycles. The maximum Gasteiger partial charge on any atom is 0.303 e. The zero-order valence-electron chi connectivity index (χ0n) is 20.4. The van der Waals surface area contributed by atoms with E-state index in [0.717, 1.165) is 16.3 Å². The van der Waals surface area contributed by atoms with Gasteiger partial charge in [0, 0.05) is 30.0 Å². The topological polar surface area (TPSA) is 160 Å². The Bertz CT molecular complexity index is 1260. The lowest BCUT2D eigenvalue weighted by molar-refractivity contribution is -0.137. The van der Waals surface area contributed by atoms with Crippen LogP contribution in [0, 0.1) is 0 Å². The number of carbonyl (C=O) groups excluding carboxylic acids is 3. The molecule has 0 saturated carbocycles. The maximum absolute atomic E-state index is 13.3. The van der Waals surface area contributed by atoms with Gasteiger partial charge in [-0.2, -0.15) is 0 Å². The highest BCUT2D eigenvalue weighted by molar-refractivity contribution is 6.01. The Morgan fingerprint density at radius 1 is 0.973 bits per heavy atom. The van der Waals surface area contributed by atoms with E-state index in [1.807, 2.05) is 60.7 Å². The van der Waals surface area contributed by atoms with Gasteiger partial charge in [-0.3, -0.25) is 19.2 Å². The van der Waals surface area contributed by atoms with Crippen molar-refractivity contribution in [3.8, 4) is 5.75 Å². The monoisotopic (exact) mass is 506 g/mol. The Labute approximate surface area is 214 Å². The number of amides is 3. The van der Waals surface area contributed by atoms with E-state index in [1.54, 1.807) is 13.2 Å². The van der Waals surface area contributed by atoms with Crippen molar-refractivity contribution in [3.05, 3.63) is 72.3 Å². The zero-order valence-corrected chi connectivity index (χ0v) is 20.4. The highest BCUT2D eigenvalue weighted by atomic mass is 16.5. The fraction of sp³-hybridized carbons (Fsp3) is 0.259. The van der Waals surface area contributed by atoms with Crippen LogP contribution in [0.5, 0.6) is 5.75 Å². The molecule has 0 bridgehead atoms. The lowest BCUT2D eigenvalue weighted by Gasteiger charge is -2.20. The van der Waals surface area contributed by atoms with Gasteiger partial charge in [0.15, 0.2) is 0 Å². The number of carboxylic acid groups (broad SMARTS) is 1. The number of fused-ring (bicyclic) bond motifs is 1. The summed E-state index contributed by atoms with van der Waals surface area (Å²) >= 11 is 0. The van der Waals surface area contributed by atoms with E-state index in [4.69, 9.17) is 15.6 Å². The van der Waals surface area contributed by atoms with E-state index in [-0.39, 0.29) is 19.3 Å². The minimum Gasteiger partial charge on any atom is -0.496 e. The molecule has 194 valence electrons. The molecule has 37 heavy (non-hydrogen) atoms. The van der Waals surface area contributed by atoms with Crippen molar-refractivity contribution in [1.29, 1.82) is 0 Å². The van der Waals surface area contributed by atoms with E-state index < -0.39 is 42.3 Å². The number of anilines is 1. The number of nitrogens with one attached hydrogen (secondary N) is 3. The molecule has 10 nitrogen and oxygen atoms in total. The average Bonchev–Trinajstić information content (AvgIpc) is 2.89. The molecule has 6 N–H and O–H groups in total. The van der Waals surface area contributed by atoms with E-state index in [1.165, 1.54) is 0 Å². The average molecular weight is 507 g/mol. The summed E-state index contributed by atoms with van der Waals surface area (Å²) in [6.45, 7) is -0.415. The van der Waals surface area contributed by atoms with Crippen LogP contribution in [0.2, 0.25) is 0 Å². The molecule has 0 unspecified atom stereocenters. The number of hydrogen-bond donors (Lipinski definition) is 5. The third kappa shape index (κ3) is 8.04. The largest absolute Gasteiger partial charge is 0.496 e. The Morgan fingerprint density at radius 2 is 1.68 bits per heavy atom. The Hall–Kier alpha value is -4.44. The number of nitrogens with two attached hydrogens (primary N) is 1. The normalized spacial score (nSPS) is 12.3. The molecule has 0 spiro atoms. The molecular formula is C27H30N4O6. The Kier molecular flexibility index (Phi) is 9.56. The van der Waals surface area contributed by atoms with Crippen LogP contribution in [0.15, 0.2) is 66.7 Å². The molecule has 3 aromatic carbocycles. The summed E-state index contributed by atoms with van der Waals surface area (Å²) in [6, 6.07) is 18.3. The first-order valence-electron chi connectivity index (χ1n) is 11.7. The number of carboxylic acids is 1. The predicted molar refractivity (Wildman–Crippen MR) is 139 cm³/mol. The minimum absolute atomic E-state index is 0.0585. The molecule has 0 aliphatic rings. The third-order valence-electron chi connectivity index (χ3n) is 5.67. The van der Waals surface area contributed by atoms with Crippen LogP contribution in [0.3, 0.4) is 0 Å². The van der Waals surface area contributed by atoms with Gasteiger partial charge in [0.05, 0.1) is 19.7 Å². The molecule has 0 aromatic heterocycles. The van der Waals surface area contributed by atoms with Crippen LogP contribution in [0.25, 0.3) is 10.8 Å². The smallest absolute Gasteiger partial charge is 0.303 e. The van der Waals surface area contributed by atoms with E-state index in [9.17, 15) is 19.2 Å². The van der Waals surface area contributed by atoms with Crippen LogP contribution in [0.4, 0.5) is 5.69 Å². The van der Waals surface area contributed by atoms with Crippen LogP contribution >= 0.6 is 0 Å². The number of carbonyl (C=O) groups is 4. The second-order valence-corrected chi connectivity index (χ2v) is 8.46. The first-order valence-corrected chi connectivity index (χ1v) is 11.7. The number of hydrogen-bond acceptors (Lipinski definition) is 6. The van der Waals surface area contributed by atoms with Gasteiger partial charge in [-0.1, -0.05) is 54.6 Å². The number of aliphatic carboxylic acids is 1. The first kappa shape index (κ1) is 27.2. The number of methoxy groups -OCH3 is 1. The van der Waals surface area contributed by atoms with Crippen LogP contribution in [0.1, 0.15) is 18.4 Å². The van der Waals surface area contributed by atoms with E-state index >= 15 is 0 Å². The standard InChI is InChI=1S/C27H30N4O6/c1-37-23-15-19(14-18-9-5-6-10-20(18)23)30-27(36)22(13-17-7-3-2-4-8-17)31-24(32)16-29-26(35)21(28)11-12-25(33)34/h2-10,14-15,21-22H,11-13,16,28H2,1H3,(H,29,35)(H,30,36)(H,31,32)(H,33,34)/t21-,22-/m1/s1. The molecule has 2 atom stereocenters. The summed E-state index contributed by atoms with van der Waals surface area (Å²) in [4.78, 5) is 48.6. The molecule has 0 aliphatic heterocycles. The van der Waals surface area contributed by atoms with Gasteiger partial charge in [-0.15, -0.1) is 0 Å². The summed E-state index contributed by atoms with van der Waals surface area (Å²) < 4.78 is 5.47. The summed E-state index contributed by atoms with van der Waals surface area (Å²) in [7, 11) is 1.55. The highest BCUT2D eigenvalue weighted by Crippen LogP contribution is 2.29. The SMILES string of the molecule is COc1cc(NC(=O)[C@@H](Cc2ccccc2)NC(=O)CNC(=O)[C@H](N)CCC(=O)O)cc2ccccc12. The number of rotatable bonds is 12. The van der Waals surface area contributed by atoms with Crippen LogP contribution < -0.4 is 26.4 Å². The fourth-order valence-corrected chi connectivity index (χ4v) is 3.76. The fourth-order valence-electron chi connectivity index (χ4n) is 3.76. The van der Waals surface area contributed by atoms with Gasteiger partial charge < -0.3 is 31.5 Å². The van der Waals surface area contributed by atoms with Crippen LogP contribution in [-0.2, 0) is 25.6 Å². The van der Waals surface area contributed by atoms with E-state index in [0.29, 0.717) is 11.4 Å². The molecule has 0 fully saturated rings. The minimum atomic E-state index is -1.07. The molecule has 3 rings (SSSR count). The van der Waals surface area contributed by atoms with Crippen molar-refractivity contribution >= 4 is 40.2 Å². The number of benzene rings is 3. The second kappa shape index (κ2) is 13.0. The van der Waals surface area contributed by atoms with E-state index in [2.05, 4.69) is 16.0 Å². The zero-order chi connectivity index (χ0) is 26.8. The predicted octanol–water partition coefficient (Wildman–Crippen LogP) is 1.82. The molecular weight excluding hydrogens is 476 g/mol. The number of ether oxygens (including phenoxy) is 1.